The van der Waals surface area contributed by atoms with Crippen molar-refractivity contribution in [2.75, 3.05) is 18.4 Å². The molecule has 0 spiro atoms. The smallest absolute Gasteiger partial charge is 0.243 e. The number of benzene rings is 1. The summed E-state index contributed by atoms with van der Waals surface area (Å²) in [5.41, 5.74) is 1.05. The summed E-state index contributed by atoms with van der Waals surface area (Å²) in [6.07, 6.45) is 4.70. The highest BCUT2D eigenvalue weighted by molar-refractivity contribution is 7.89. The van der Waals surface area contributed by atoms with Crippen molar-refractivity contribution in [3.63, 3.8) is 0 Å². The van der Waals surface area contributed by atoms with Gasteiger partial charge in [-0.25, -0.2) is 18.4 Å². The zero-order valence-electron chi connectivity index (χ0n) is 13.0. The van der Waals surface area contributed by atoms with E-state index in [2.05, 4.69) is 15.3 Å². The minimum atomic E-state index is -3.40. The van der Waals surface area contributed by atoms with Crippen molar-refractivity contribution in [1.82, 2.24) is 14.3 Å². The molecule has 0 atom stereocenters. The largest absolute Gasteiger partial charge is 0.367 e. The van der Waals surface area contributed by atoms with Gasteiger partial charge in [0.1, 0.15) is 12.1 Å². The maximum absolute atomic E-state index is 12.6. The van der Waals surface area contributed by atoms with Gasteiger partial charge in [-0.3, -0.25) is 0 Å². The Morgan fingerprint density at radius 2 is 1.83 bits per heavy atom. The highest BCUT2D eigenvalue weighted by atomic mass is 32.2. The first-order valence-electron chi connectivity index (χ1n) is 7.65. The number of nitrogens with zero attached hydrogens (tertiary/aromatic N) is 3. The second-order valence-corrected chi connectivity index (χ2v) is 7.67. The molecule has 122 valence electrons. The fourth-order valence-corrected chi connectivity index (χ4v) is 4.15. The number of rotatable bonds is 4. The summed E-state index contributed by atoms with van der Waals surface area (Å²) in [7, 11) is -3.40. The molecule has 1 aliphatic rings. The highest BCUT2D eigenvalue weighted by Gasteiger charge is 2.29. The molecule has 3 rings (SSSR count). The van der Waals surface area contributed by atoms with Crippen LogP contribution in [0.4, 0.5) is 5.82 Å². The number of hydrogen-bond acceptors (Lipinski definition) is 5. The van der Waals surface area contributed by atoms with Gasteiger partial charge < -0.3 is 5.32 Å². The Labute approximate surface area is 136 Å². The van der Waals surface area contributed by atoms with Crippen LogP contribution in [0.2, 0.25) is 0 Å². The van der Waals surface area contributed by atoms with E-state index < -0.39 is 10.0 Å². The van der Waals surface area contributed by atoms with Gasteiger partial charge in [0.2, 0.25) is 10.0 Å². The van der Waals surface area contributed by atoms with E-state index in [0.717, 1.165) is 24.2 Å². The Balaban J connectivity index is 1.63. The highest BCUT2D eigenvalue weighted by Crippen LogP contribution is 2.22. The first-order chi connectivity index (χ1) is 11.1. The third kappa shape index (κ3) is 3.68. The molecule has 23 heavy (non-hydrogen) atoms. The summed E-state index contributed by atoms with van der Waals surface area (Å²) in [5, 5.41) is 3.33. The molecule has 1 aromatic carbocycles. The molecule has 1 aliphatic heterocycles. The molecule has 0 bridgehead atoms. The molecule has 0 unspecified atom stereocenters. The SMILES string of the molecule is Cc1ccc(S(=O)(=O)N2CCC(Nc3ccncn3)CC2)cc1. The molecule has 0 amide bonds. The number of hydrogen-bond donors (Lipinski definition) is 1. The predicted octanol–water partition coefficient (Wildman–Crippen LogP) is 2.05. The molecule has 0 aliphatic carbocycles. The standard InChI is InChI=1S/C16H20N4O2S/c1-13-2-4-15(5-3-13)23(21,22)20-10-7-14(8-11-20)19-16-6-9-17-12-18-16/h2-6,9,12,14H,7-8,10-11H2,1H3,(H,17,18,19). The van der Waals surface area contributed by atoms with Crippen LogP contribution in [-0.4, -0.2) is 41.8 Å². The number of nitrogens with one attached hydrogen (secondary N) is 1. The van der Waals surface area contributed by atoms with Gasteiger partial charge in [-0.05, 0) is 38.0 Å². The van der Waals surface area contributed by atoms with Crippen LogP contribution in [0.15, 0.2) is 47.8 Å². The average molecular weight is 332 g/mol. The zero-order chi connectivity index (χ0) is 16.3. The molecule has 1 aromatic heterocycles. The van der Waals surface area contributed by atoms with E-state index in [1.54, 1.807) is 22.6 Å². The summed E-state index contributed by atoms with van der Waals surface area (Å²) in [4.78, 5) is 8.39. The predicted molar refractivity (Wildman–Crippen MR) is 88.6 cm³/mol. The summed E-state index contributed by atoms with van der Waals surface area (Å²) >= 11 is 0. The third-order valence-electron chi connectivity index (χ3n) is 4.05. The zero-order valence-corrected chi connectivity index (χ0v) is 13.8. The van der Waals surface area contributed by atoms with Crippen LogP contribution in [0.3, 0.4) is 0 Å². The first-order valence-corrected chi connectivity index (χ1v) is 9.09. The fraction of sp³-hybridized carbons (Fsp3) is 0.375. The number of anilines is 1. The molecule has 0 saturated carbocycles. The summed E-state index contributed by atoms with van der Waals surface area (Å²) in [5.74, 6) is 0.778. The van der Waals surface area contributed by atoms with Gasteiger partial charge in [0.05, 0.1) is 4.90 Å². The minimum Gasteiger partial charge on any atom is -0.367 e. The molecule has 1 N–H and O–H groups in total. The lowest BCUT2D eigenvalue weighted by Crippen LogP contribution is -2.42. The number of aryl methyl sites for hydroxylation is 1. The Kier molecular flexibility index (Phi) is 4.58. The lowest BCUT2D eigenvalue weighted by atomic mass is 10.1. The Hall–Kier alpha value is -1.99. The molecule has 1 fully saturated rings. The minimum absolute atomic E-state index is 0.231. The van der Waals surface area contributed by atoms with Crippen molar-refractivity contribution in [2.24, 2.45) is 0 Å². The van der Waals surface area contributed by atoms with Crippen molar-refractivity contribution in [3.8, 4) is 0 Å². The van der Waals surface area contributed by atoms with Gasteiger partial charge in [-0.2, -0.15) is 4.31 Å². The van der Waals surface area contributed by atoms with Gasteiger partial charge >= 0.3 is 0 Å². The van der Waals surface area contributed by atoms with E-state index in [-0.39, 0.29) is 6.04 Å². The maximum atomic E-state index is 12.6. The van der Waals surface area contributed by atoms with Crippen LogP contribution in [0.25, 0.3) is 0 Å². The van der Waals surface area contributed by atoms with Gasteiger partial charge in [0.15, 0.2) is 0 Å². The Bertz CT molecular complexity index is 739. The Morgan fingerprint density at radius 1 is 1.13 bits per heavy atom. The molecule has 2 heterocycles. The van der Waals surface area contributed by atoms with Crippen molar-refractivity contribution in [2.45, 2.75) is 30.7 Å². The van der Waals surface area contributed by atoms with Gasteiger partial charge in [0.25, 0.3) is 0 Å². The molecule has 0 radical (unpaired) electrons. The van der Waals surface area contributed by atoms with E-state index in [1.807, 2.05) is 25.1 Å². The van der Waals surface area contributed by atoms with Crippen LogP contribution in [-0.2, 0) is 10.0 Å². The normalized spacial score (nSPS) is 17.1. The van der Waals surface area contributed by atoms with Gasteiger partial charge in [-0.1, -0.05) is 17.7 Å². The number of sulfonamides is 1. The molecular weight excluding hydrogens is 312 g/mol. The average Bonchev–Trinajstić information content (AvgIpc) is 2.57. The van der Waals surface area contributed by atoms with Crippen LogP contribution in [0.1, 0.15) is 18.4 Å². The summed E-state index contributed by atoms with van der Waals surface area (Å²) in [6.45, 7) is 2.97. The van der Waals surface area contributed by atoms with Crippen molar-refractivity contribution >= 4 is 15.8 Å². The quantitative estimate of drug-likeness (QED) is 0.927. The van der Waals surface area contributed by atoms with Crippen LogP contribution < -0.4 is 5.32 Å². The van der Waals surface area contributed by atoms with Crippen molar-refractivity contribution in [1.29, 1.82) is 0 Å². The Morgan fingerprint density at radius 3 is 2.43 bits per heavy atom. The topological polar surface area (TPSA) is 75.2 Å². The van der Waals surface area contributed by atoms with E-state index in [4.69, 9.17) is 0 Å². The molecule has 6 nitrogen and oxygen atoms in total. The lowest BCUT2D eigenvalue weighted by Gasteiger charge is -2.31. The van der Waals surface area contributed by atoms with Crippen molar-refractivity contribution < 1.29 is 8.42 Å². The van der Waals surface area contributed by atoms with Crippen LogP contribution in [0, 0.1) is 6.92 Å². The van der Waals surface area contributed by atoms with E-state index >= 15 is 0 Å². The second-order valence-electron chi connectivity index (χ2n) is 5.73. The second kappa shape index (κ2) is 6.64. The monoisotopic (exact) mass is 332 g/mol. The molecule has 2 aromatic rings. The molecular formula is C16H20N4O2S. The van der Waals surface area contributed by atoms with Crippen LogP contribution in [0.5, 0.6) is 0 Å². The summed E-state index contributed by atoms with van der Waals surface area (Å²) < 4.78 is 26.9. The first kappa shape index (κ1) is 15.9. The van der Waals surface area contributed by atoms with Crippen molar-refractivity contribution in [3.05, 3.63) is 48.4 Å². The number of aromatic nitrogens is 2. The fourth-order valence-electron chi connectivity index (χ4n) is 2.69. The van der Waals surface area contributed by atoms with E-state index in [9.17, 15) is 8.42 Å². The third-order valence-corrected chi connectivity index (χ3v) is 5.96. The van der Waals surface area contributed by atoms with Gasteiger partial charge in [-0.15, -0.1) is 0 Å². The number of piperidine rings is 1. The maximum Gasteiger partial charge on any atom is 0.243 e. The van der Waals surface area contributed by atoms with Gasteiger partial charge in [0, 0.05) is 25.3 Å². The van der Waals surface area contributed by atoms with E-state index in [0.29, 0.717) is 18.0 Å². The van der Waals surface area contributed by atoms with E-state index in [1.165, 1.54) is 6.33 Å². The molecule has 1 saturated heterocycles. The lowest BCUT2D eigenvalue weighted by molar-refractivity contribution is 0.329. The van der Waals surface area contributed by atoms with Crippen LogP contribution >= 0.6 is 0 Å². The molecule has 7 heteroatoms. The summed E-state index contributed by atoms with van der Waals surface area (Å²) in [6, 6.07) is 9.06.